The highest BCUT2D eigenvalue weighted by Gasteiger charge is 2.38. The molecule has 1 aromatic heterocycles. The topological polar surface area (TPSA) is 56.1 Å². The normalized spacial score (nSPS) is 11.5. The van der Waals surface area contributed by atoms with Crippen molar-refractivity contribution in [2.24, 2.45) is 0 Å². The molecule has 0 aromatic carbocycles. The van der Waals surface area contributed by atoms with E-state index in [2.05, 4.69) is 9.84 Å². The maximum Gasteiger partial charge on any atom is 0.471 e. The summed E-state index contributed by atoms with van der Waals surface area (Å²) in [6.07, 6.45) is -2.57. The maximum atomic E-state index is 11.8. The van der Waals surface area contributed by atoms with Crippen molar-refractivity contribution in [3.63, 3.8) is 0 Å². The molecule has 15 heavy (non-hydrogen) atoms. The zero-order valence-electron chi connectivity index (χ0n) is 7.71. The van der Waals surface area contributed by atoms with Gasteiger partial charge in [-0.1, -0.05) is 0 Å². The molecule has 0 fully saturated rings. The number of methoxy groups -OCH3 is 1. The highest BCUT2D eigenvalue weighted by atomic mass is 19.4. The second-order valence-electron chi connectivity index (χ2n) is 2.64. The number of anilines is 1. The number of rotatable bonds is 3. The van der Waals surface area contributed by atoms with Gasteiger partial charge in [-0.15, -0.1) is 0 Å². The van der Waals surface area contributed by atoms with Crippen molar-refractivity contribution in [3.05, 3.63) is 12.4 Å². The Hall–Kier alpha value is -1.57. The Bertz CT molecular complexity index is 347. The van der Waals surface area contributed by atoms with Gasteiger partial charge in [0.2, 0.25) is 0 Å². The van der Waals surface area contributed by atoms with E-state index in [-0.39, 0.29) is 12.4 Å². The molecule has 0 bridgehead atoms. The number of carbonyl (C=O) groups excluding carboxylic acids is 1. The Morgan fingerprint density at radius 2 is 2.33 bits per heavy atom. The van der Waals surface area contributed by atoms with E-state index in [0.29, 0.717) is 0 Å². The van der Waals surface area contributed by atoms with Gasteiger partial charge < -0.3 is 10.1 Å². The third kappa shape index (κ3) is 3.24. The first kappa shape index (κ1) is 11.5. The van der Waals surface area contributed by atoms with Crippen LogP contribution in [0.3, 0.4) is 0 Å². The molecule has 0 aliphatic heterocycles. The van der Waals surface area contributed by atoms with Gasteiger partial charge in [-0.25, -0.2) is 4.68 Å². The van der Waals surface area contributed by atoms with Crippen molar-refractivity contribution in [2.75, 3.05) is 12.4 Å². The van der Waals surface area contributed by atoms with Crippen LogP contribution in [0.5, 0.6) is 0 Å². The van der Waals surface area contributed by atoms with Crippen LogP contribution in [0.25, 0.3) is 0 Å². The molecular formula is C7H8F3N3O2. The Kier molecular flexibility index (Phi) is 3.30. The van der Waals surface area contributed by atoms with E-state index in [9.17, 15) is 18.0 Å². The van der Waals surface area contributed by atoms with E-state index >= 15 is 0 Å². The van der Waals surface area contributed by atoms with Gasteiger partial charge in [-0.05, 0) is 0 Å². The number of nitrogens with one attached hydrogen (secondary N) is 1. The molecule has 0 radical (unpaired) electrons. The van der Waals surface area contributed by atoms with Gasteiger partial charge in [0, 0.05) is 7.11 Å². The van der Waals surface area contributed by atoms with Crippen LogP contribution >= 0.6 is 0 Å². The van der Waals surface area contributed by atoms with Crippen molar-refractivity contribution in [1.82, 2.24) is 9.78 Å². The molecule has 1 rings (SSSR count). The van der Waals surface area contributed by atoms with Crippen LogP contribution in [0.4, 0.5) is 18.9 Å². The minimum Gasteiger partial charge on any atom is -0.362 e. The van der Waals surface area contributed by atoms with Crippen LogP contribution in [0.2, 0.25) is 0 Å². The Labute approximate surface area is 82.8 Å². The Morgan fingerprint density at radius 1 is 1.67 bits per heavy atom. The lowest BCUT2D eigenvalue weighted by molar-refractivity contribution is -0.167. The second-order valence-corrected chi connectivity index (χ2v) is 2.64. The van der Waals surface area contributed by atoms with E-state index in [1.165, 1.54) is 18.0 Å². The summed E-state index contributed by atoms with van der Waals surface area (Å²) in [5.41, 5.74) is -0.0330. The highest BCUT2D eigenvalue weighted by molar-refractivity contribution is 5.94. The molecule has 84 valence electrons. The second kappa shape index (κ2) is 4.30. The van der Waals surface area contributed by atoms with Crippen LogP contribution in [-0.2, 0) is 16.3 Å². The zero-order valence-corrected chi connectivity index (χ0v) is 7.71. The van der Waals surface area contributed by atoms with Gasteiger partial charge in [-0.3, -0.25) is 4.79 Å². The van der Waals surface area contributed by atoms with E-state index in [1.807, 2.05) is 0 Å². The fourth-order valence-electron chi connectivity index (χ4n) is 0.833. The predicted molar refractivity (Wildman–Crippen MR) is 43.9 cm³/mol. The molecule has 1 heterocycles. The van der Waals surface area contributed by atoms with Crippen molar-refractivity contribution in [2.45, 2.75) is 12.9 Å². The first-order valence-electron chi connectivity index (χ1n) is 3.83. The van der Waals surface area contributed by atoms with E-state index < -0.39 is 12.1 Å². The van der Waals surface area contributed by atoms with Crippen LogP contribution < -0.4 is 5.32 Å². The molecule has 0 saturated heterocycles. The number of amides is 1. The van der Waals surface area contributed by atoms with Crippen LogP contribution in [0.1, 0.15) is 0 Å². The fourth-order valence-corrected chi connectivity index (χ4v) is 0.833. The Balaban J connectivity index is 2.61. The molecule has 0 spiro atoms. The van der Waals surface area contributed by atoms with Crippen molar-refractivity contribution in [3.8, 4) is 0 Å². The monoisotopic (exact) mass is 223 g/mol. The van der Waals surface area contributed by atoms with Gasteiger partial charge in [-0.2, -0.15) is 18.3 Å². The van der Waals surface area contributed by atoms with Gasteiger partial charge in [0.15, 0.2) is 0 Å². The number of ether oxygens (including phenoxy) is 1. The maximum absolute atomic E-state index is 11.8. The number of carbonyl (C=O) groups is 1. The summed E-state index contributed by atoms with van der Waals surface area (Å²) in [5, 5.41) is 5.31. The first-order valence-corrected chi connectivity index (χ1v) is 3.83. The Morgan fingerprint density at radius 3 is 2.87 bits per heavy atom. The average Bonchev–Trinajstić information content (AvgIpc) is 2.51. The molecule has 0 unspecified atom stereocenters. The summed E-state index contributed by atoms with van der Waals surface area (Å²) in [4.78, 5) is 10.5. The molecule has 5 nitrogen and oxygen atoms in total. The summed E-state index contributed by atoms with van der Waals surface area (Å²) in [5.74, 6) is -2.03. The van der Waals surface area contributed by atoms with Gasteiger partial charge in [0.05, 0.1) is 18.1 Å². The number of aromatic nitrogens is 2. The van der Waals surface area contributed by atoms with Crippen molar-refractivity contribution < 1.29 is 22.7 Å². The third-order valence-electron chi connectivity index (χ3n) is 1.41. The molecule has 0 atom stereocenters. The molecule has 0 saturated carbocycles. The van der Waals surface area contributed by atoms with E-state index in [0.717, 1.165) is 6.20 Å². The molecule has 0 aliphatic carbocycles. The number of halogens is 3. The molecular weight excluding hydrogens is 215 g/mol. The highest BCUT2D eigenvalue weighted by Crippen LogP contribution is 2.17. The summed E-state index contributed by atoms with van der Waals surface area (Å²) < 4.78 is 41.4. The standard InChI is InChI=1S/C7H8F3N3O2/c1-15-4-13-3-5(2-11-13)12-6(14)7(8,9)10/h2-3H,4H2,1H3,(H,12,14). The van der Waals surface area contributed by atoms with Gasteiger partial charge >= 0.3 is 12.1 Å². The molecule has 8 heteroatoms. The van der Waals surface area contributed by atoms with Crippen LogP contribution in [0, 0.1) is 0 Å². The first-order chi connectivity index (χ1) is 6.93. The molecule has 1 amide bonds. The van der Waals surface area contributed by atoms with Crippen molar-refractivity contribution in [1.29, 1.82) is 0 Å². The lowest BCUT2D eigenvalue weighted by Crippen LogP contribution is -2.29. The third-order valence-corrected chi connectivity index (χ3v) is 1.41. The fraction of sp³-hybridized carbons (Fsp3) is 0.429. The number of hydrogen-bond donors (Lipinski definition) is 1. The molecule has 1 aromatic rings. The lowest BCUT2D eigenvalue weighted by atomic mass is 10.5. The SMILES string of the molecule is COCn1cc(NC(=O)C(F)(F)F)cn1. The number of alkyl halides is 3. The summed E-state index contributed by atoms with van der Waals surface area (Å²) >= 11 is 0. The number of hydrogen-bond acceptors (Lipinski definition) is 3. The summed E-state index contributed by atoms with van der Waals surface area (Å²) in [6.45, 7) is 0.0991. The summed E-state index contributed by atoms with van der Waals surface area (Å²) in [6, 6.07) is 0. The molecule has 0 aliphatic rings. The quantitative estimate of drug-likeness (QED) is 0.831. The van der Waals surface area contributed by atoms with E-state index in [4.69, 9.17) is 0 Å². The molecule has 1 N–H and O–H groups in total. The lowest BCUT2D eigenvalue weighted by Gasteiger charge is -2.04. The zero-order chi connectivity index (χ0) is 11.5. The van der Waals surface area contributed by atoms with E-state index in [1.54, 1.807) is 5.32 Å². The smallest absolute Gasteiger partial charge is 0.362 e. The van der Waals surface area contributed by atoms with Crippen molar-refractivity contribution >= 4 is 11.6 Å². The number of nitrogens with zero attached hydrogens (tertiary/aromatic N) is 2. The van der Waals surface area contributed by atoms with Gasteiger partial charge in [0.25, 0.3) is 0 Å². The largest absolute Gasteiger partial charge is 0.471 e. The minimum absolute atomic E-state index is 0.0330. The van der Waals surface area contributed by atoms with Crippen LogP contribution in [0.15, 0.2) is 12.4 Å². The average molecular weight is 223 g/mol. The van der Waals surface area contributed by atoms with Crippen LogP contribution in [-0.4, -0.2) is 29.0 Å². The van der Waals surface area contributed by atoms with Gasteiger partial charge in [0.1, 0.15) is 6.73 Å². The summed E-state index contributed by atoms with van der Waals surface area (Å²) in [7, 11) is 1.41. The predicted octanol–water partition coefficient (Wildman–Crippen LogP) is 0.988. The minimum atomic E-state index is -4.90.